The molecule has 1 heterocycles. The van der Waals surface area contributed by atoms with Gasteiger partial charge in [-0.3, -0.25) is 0 Å². The zero-order valence-corrected chi connectivity index (χ0v) is 11.7. The van der Waals surface area contributed by atoms with Gasteiger partial charge in [-0.05, 0) is 31.5 Å². The van der Waals surface area contributed by atoms with Crippen molar-refractivity contribution in [3.8, 4) is 0 Å². The van der Waals surface area contributed by atoms with E-state index in [-0.39, 0.29) is 0 Å². The van der Waals surface area contributed by atoms with Crippen LogP contribution in [0.4, 0.5) is 0 Å². The molecule has 2 aromatic carbocycles. The van der Waals surface area contributed by atoms with E-state index in [2.05, 4.69) is 40.7 Å². The number of hydrogen-bond acceptors (Lipinski definition) is 2. The molecule has 3 nitrogen and oxygen atoms in total. The van der Waals surface area contributed by atoms with Crippen molar-refractivity contribution < 1.29 is 5.11 Å². The molecule has 0 radical (unpaired) electrons. The Bertz CT molecular complexity index is 744. The van der Waals surface area contributed by atoms with Gasteiger partial charge in [0, 0.05) is 6.54 Å². The average molecular weight is 266 g/mol. The highest BCUT2D eigenvalue weighted by Crippen LogP contribution is 2.22. The number of imidazole rings is 1. The topological polar surface area (TPSA) is 38.0 Å². The Kier molecular flexibility index (Phi) is 3.28. The minimum Gasteiger partial charge on any atom is -0.385 e. The molecule has 0 saturated heterocycles. The molecule has 0 aliphatic carbocycles. The summed E-state index contributed by atoms with van der Waals surface area (Å²) in [6.45, 7) is 4.57. The smallest absolute Gasteiger partial charge is 0.138 e. The monoisotopic (exact) mass is 266 g/mol. The van der Waals surface area contributed by atoms with Crippen LogP contribution in [-0.2, 0) is 6.54 Å². The third kappa shape index (κ3) is 2.32. The van der Waals surface area contributed by atoms with Gasteiger partial charge >= 0.3 is 0 Å². The van der Waals surface area contributed by atoms with Crippen LogP contribution < -0.4 is 0 Å². The maximum atomic E-state index is 9.95. The van der Waals surface area contributed by atoms with Crippen molar-refractivity contribution in [1.29, 1.82) is 0 Å². The number of aliphatic hydroxyl groups excluding tert-OH is 1. The van der Waals surface area contributed by atoms with Crippen molar-refractivity contribution >= 4 is 11.0 Å². The third-order valence-electron chi connectivity index (χ3n) is 3.48. The van der Waals surface area contributed by atoms with Crippen molar-refractivity contribution in [2.24, 2.45) is 0 Å². The van der Waals surface area contributed by atoms with Gasteiger partial charge in [-0.1, -0.05) is 42.0 Å². The number of hydrogen-bond donors (Lipinski definition) is 1. The van der Waals surface area contributed by atoms with Crippen LogP contribution in [0.15, 0.2) is 48.5 Å². The lowest BCUT2D eigenvalue weighted by molar-refractivity contribution is 0.185. The van der Waals surface area contributed by atoms with Crippen LogP contribution in [0.1, 0.15) is 30.0 Å². The fourth-order valence-electron chi connectivity index (χ4n) is 2.57. The molecule has 0 aliphatic heterocycles. The van der Waals surface area contributed by atoms with Gasteiger partial charge in [0.15, 0.2) is 0 Å². The number of benzene rings is 2. The molecule has 0 saturated carbocycles. The molecule has 0 unspecified atom stereocenters. The van der Waals surface area contributed by atoms with E-state index in [1.807, 2.05) is 24.3 Å². The van der Waals surface area contributed by atoms with E-state index in [0.29, 0.717) is 5.82 Å². The van der Waals surface area contributed by atoms with Crippen molar-refractivity contribution in [1.82, 2.24) is 9.55 Å². The summed E-state index contributed by atoms with van der Waals surface area (Å²) in [4.78, 5) is 4.54. The van der Waals surface area contributed by atoms with Gasteiger partial charge in [0.1, 0.15) is 11.9 Å². The second kappa shape index (κ2) is 5.10. The minimum atomic E-state index is -0.577. The molecule has 0 amide bonds. The summed E-state index contributed by atoms with van der Waals surface area (Å²) in [5, 5.41) is 9.95. The fourth-order valence-corrected chi connectivity index (χ4v) is 2.57. The van der Waals surface area contributed by atoms with Crippen LogP contribution in [0.3, 0.4) is 0 Å². The van der Waals surface area contributed by atoms with Crippen molar-refractivity contribution in [2.75, 3.05) is 0 Å². The normalized spacial score (nSPS) is 12.8. The molecular weight excluding hydrogens is 248 g/mol. The van der Waals surface area contributed by atoms with Crippen LogP contribution in [0, 0.1) is 6.92 Å². The van der Waals surface area contributed by atoms with Crippen molar-refractivity contribution in [3.63, 3.8) is 0 Å². The van der Waals surface area contributed by atoms with Crippen LogP contribution >= 0.6 is 0 Å². The first-order valence-corrected chi connectivity index (χ1v) is 6.84. The molecule has 0 spiro atoms. The van der Waals surface area contributed by atoms with Crippen LogP contribution in [0.5, 0.6) is 0 Å². The molecule has 3 heteroatoms. The lowest BCUT2D eigenvalue weighted by atomic mass is 10.1. The predicted molar refractivity (Wildman–Crippen MR) is 80.6 cm³/mol. The zero-order valence-electron chi connectivity index (χ0n) is 11.7. The molecule has 3 rings (SSSR count). The van der Waals surface area contributed by atoms with E-state index in [4.69, 9.17) is 0 Å². The van der Waals surface area contributed by atoms with Gasteiger partial charge in [0.25, 0.3) is 0 Å². The first kappa shape index (κ1) is 12.9. The summed E-state index contributed by atoms with van der Waals surface area (Å²) in [5.74, 6) is 0.715. The van der Waals surface area contributed by atoms with Gasteiger partial charge < -0.3 is 9.67 Å². The second-order valence-corrected chi connectivity index (χ2v) is 5.21. The summed E-state index contributed by atoms with van der Waals surface area (Å²) in [6.07, 6.45) is -0.577. The van der Waals surface area contributed by atoms with Crippen LogP contribution in [0.25, 0.3) is 11.0 Å². The molecule has 0 fully saturated rings. The Hall–Kier alpha value is -2.13. The summed E-state index contributed by atoms with van der Waals surface area (Å²) < 4.78 is 2.09. The number of para-hydroxylation sites is 2. The molecule has 0 aliphatic rings. The third-order valence-corrected chi connectivity index (χ3v) is 3.48. The molecular formula is C17H18N2O. The van der Waals surface area contributed by atoms with Gasteiger partial charge in [-0.25, -0.2) is 4.98 Å². The number of aliphatic hydroxyl groups is 1. The van der Waals surface area contributed by atoms with E-state index in [9.17, 15) is 5.11 Å². The molecule has 1 atom stereocenters. The Balaban J connectivity index is 2.11. The summed E-state index contributed by atoms with van der Waals surface area (Å²) >= 11 is 0. The van der Waals surface area contributed by atoms with Gasteiger partial charge in [0.05, 0.1) is 11.0 Å². The molecule has 1 aromatic heterocycles. The lowest BCUT2D eigenvalue weighted by Gasteiger charge is -2.11. The standard InChI is InChI=1S/C17H18N2O/c1-12-6-5-7-14(10-12)11-19-16-9-4-3-8-15(16)18-17(19)13(2)20/h3-10,13,20H,11H2,1-2H3/t13-/m0/s1. The first-order chi connectivity index (χ1) is 9.65. The molecule has 20 heavy (non-hydrogen) atoms. The largest absolute Gasteiger partial charge is 0.385 e. The number of fused-ring (bicyclic) bond motifs is 1. The Morgan fingerprint density at radius 1 is 1.15 bits per heavy atom. The predicted octanol–water partition coefficient (Wildman–Crippen LogP) is 3.45. The maximum Gasteiger partial charge on any atom is 0.138 e. The van der Waals surface area contributed by atoms with E-state index in [1.54, 1.807) is 6.92 Å². The van der Waals surface area contributed by atoms with E-state index in [0.717, 1.165) is 17.6 Å². The van der Waals surface area contributed by atoms with E-state index in [1.165, 1.54) is 11.1 Å². The molecule has 1 N–H and O–H groups in total. The van der Waals surface area contributed by atoms with Gasteiger partial charge in [-0.15, -0.1) is 0 Å². The van der Waals surface area contributed by atoms with Crippen LogP contribution in [-0.4, -0.2) is 14.7 Å². The van der Waals surface area contributed by atoms with Gasteiger partial charge in [0.2, 0.25) is 0 Å². The second-order valence-electron chi connectivity index (χ2n) is 5.21. The Labute approximate surface area is 118 Å². The highest BCUT2D eigenvalue weighted by atomic mass is 16.3. The quantitative estimate of drug-likeness (QED) is 0.788. The Morgan fingerprint density at radius 2 is 1.95 bits per heavy atom. The SMILES string of the molecule is Cc1cccc(Cn2c([C@H](C)O)nc3ccccc32)c1. The average Bonchev–Trinajstić information content (AvgIpc) is 2.78. The lowest BCUT2D eigenvalue weighted by Crippen LogP contribution is -2.08. The van der Waals surface area contributed by atoms with Crippen LogP contribution in [0.2, 0.25) is 0 Å². The van der Waals surface area contributed by atoms with E-state index >= 15 is 0 Å². The fraction of sp³-hybridized carbons (Fsp3) is 0.235. The highest BCUT2D eigenvalue weighted by molar-refractivity contribution is 5.76. The summed E-state index contributed by atoms with van der Waals surface area (Å²) in [7, 11) is 0. The number of nitrogens with zero attached hydrogens (tertiary/aromatic N) is 2. The van der Waals surface area contributed by atoms with Crippen molar-refractivity contribution in [3.05, 3.63) is 65.5 Å². The molecule has 0 bridgehead atoms. The minimum absolute atomic E-state index is 0.577. The maximum absolute atomic E-state index is 9.95. The number of rotatable bonds is 3. The highest BCUT2D eigenvalue weighted by Gasteiger charge is 2.14. The van der Waals surface area contributed by atoms with Gasteiger partial charge in [-0.2, -0.15) is 0 Å². The zero-order chi connectivity index (χ0) is 14.1. The number of aryl methyl sites for hydroxylation is 1. The van der Waals surface area contributed by atoms with E-state index < -0.39 is 6.10 Å². The Morgan fingerprint density at radius 3 is 2.70 bits per heavy atom. The molecule has 3 aromatic rings. The molecule has 102 valence electrons. The van der Waals surface area contributed by atoms with Crippen molar-refractivity contribution in [2.45, 2.75) is 26.5 Å². The number of aromatic nitrogens is 2. The first-order valence-electron chi connectivity index (χ1n) is 6.84. The summed E-state index contributed by atoms with van der Waals surface area (Å²) in [5.41, 5.74) is 4.45. The summed E-state index contributed by atoms with van der Waals surface area (Å²) in [6, 6.07) is 16.4.